The van der Waals surface area contributed by atoms with Crippen LogP contribution in [0.25, 0.3) is 0 Å². The van der Waals surface area contributed by atoms with Crippen LogP contribution in [-0.4, -0.2) is 18.0 Å². The standard InChI is InChI=1S/C8H14N2O/c9-6-3-4-7(11)10-8(6)5-1-2-5/h5-6,8H,1-4,9H2,(H,10,11)/t6-,8-/m1/s1. The second-order valence-electron chi connectivity index (χ2n) is 3.63. The van der Waals surface area contributed by atoms with Crippen molar-refractivity contribution >= 4 is 5.91 Å². The van der Waals surface area contributed by atoms with Crippen molar-refractivity contribution in [1.29, 1.82) is 0 Å². The number of amides is 1. The molecule has 3 heteroatoms. The van der Waals surface area contributed by atoms with Gasteiger partial charge in [-0.25, -0.2) is 0 Å². The average molecular weight is 154 g/mol. The van der Waals surface area contributed by atoms with Gasteiger partial charge in [0.25, 0.3) is 0 Å². The van der Waals surface area contributed by atoms with Gasteiger partial charge in [-0.3, -0.25) is 4.79 Å². The van der Waals surface area contributed by atoms with E-state index in [0.29, 0.717) is 12.3 Å². The molecule has 1 saturated carbocycles. The molecule has 3 N–H and O–H groups in total. The van der Waals surface area contributed by atoms with Crippen LogP contribution in [0.1, 0.15) is 25.7 Å². The molecule has 1 heterocycles. The van der Waals surface area contributed by atoms with Crippen LogP contribution in [-0.2, 0) is 4.79 Å². The molecule has 0 aromatic heterocycles. The second kappa shape index (κ2) is 2.48. The van der Waals surface area contributed by atoms with Crippen molar-refractivity contribution in [3.05, 3.63) is 0 Å². The number of hydrogen-bond donors (Lipinski definition) is 2. The summed E-state index contributed by atoms with van der Waals surface area (Å²) in [6, 6.07) is 0.497. The smallest absolute Gasteiger partial charge is 0.220 e. The summed E-state index contributed by atoms with van der Waals surface area (Å²) < 4.78 is 0. The molecular formula is C8H14N2O. The summed E-state index contributed by atoms with van der Waals surface area (Å²) in [4.78, 5) is 11.0. The lowest BCUT2D eigenvalue weighted by Crippen LogP contribution is -2.53. The molecule has 11 heavy (non-hydrogen) atoms. The Morgan fingerprint density at radius 3 is 2.73 bits per heavy atom. The van der Waals surface area contributed by atoms with Gasteiger partial charge in [-0.1, -0.05) is 0 Å². The number of nitrogens with two attached hydrogens (primary N) is 1. The van der Waals surface area contributed by atoms with E-state index in [1.165, 1.54) is 12.8 Å². The molecule has 0 bridgehead atoms. The average Bonchev–Trinajstić information content (AvgIpc) is 2.76. The van der Waals surface area contributed by atoms with Gasteiger partial charge in [-0.15, -0.1) is 0 Å². The highest BCUT2D eigenvalue weighted by molar-refractivity contribution is 5.77. The van der Waals surface area contributed by atoms with Crippen LogP contribution in [0.2, 0.25) is 0 Å². The third kappa shape index (κ3) is 1.38. The molecule has 3 nitrogen and oxygen atoms in total. The number of piperidine rings is 1. The van der Waals surface area contributed by atoms with Crippen molar-refractivity contribution in [2.24, 2.45) is 11.7 Å². The highest BCUT2D eigenvalue weighted by Gasteiger charge is 2.38. The predicted octanol–water partition coefficient (Wildman–Crippen LogP) is 0.00230. The summed E-state index contributed by atoms with van der Waals surface area (Å²) in [7, 11) is 0. The van der Waals surface area contributed by atoms with Crippen molar-refractivity contribution in [3.8, 4) is 0 Å². The molecule has 1 aliphatic heterocycles. The van der Waals surface area contributed by atoms with Crippen LogP contribution < -0.4 is 11.1 Å². The maximum Gasteiger partial charge on any atom is 0.220 e. The first-order valence-electron chi connectivity index (χ1n) is 4.32. The number of carbonyl (C=O) groups is 1. The van der Waals surface area contributed by atoms with Gasteiger partial charge in [-0.05, 0) is 25.2 Å². The van der Waals surface area contributed by atoms with Crippen LogP contribution in [0, 0.1) is 5.92 Å². The molecule has 2 aliphatic rings. The van der Waals surface area contributed by atoms with Gasteiger partial charge >= 0.3 is 0 Å². The first-order valence-corrected chi connectivity index (χ1v) is 4.32. The van der Waals surface area contributed by atoms with Gasteiger partial charge in [0.05, 0.1) is 0 Å². The number of carbonyl (C=O) groups excluding carboxylic acids is 1. The first kappa shape index (κ1) is 7.10. The molecular weight excluding hydrogens is 140 g/mol. The van der Waals surface area contributed by atoms with E-state index >= 15 is 0 Å². The monoisotopic (exact) mass is 154 g/mol. The second-order valence-corrected chi connectivity index (χ2v) is 3.63. The lowest BCUT2D eigenvalue weighted by molar-refractivity contribution is -0.123. The topological polar surface area (TPSA) is 55.1 Å². The van der Waals surface area contributed by atoms with Crippen LogP contribution in [0.15, 0.2) is 0 Å². The van der Waals surface area contributed by atoms with Crippen molar-refractivity contribution in [2.75, 3.05) is 0 Å². The van der Waals surface area contributed by atoms with E-state index in [1.54, 1.807) is 0 Å². The largest absolute Gasteiger partial charge is 0.352 e. The minimum atomic E-state index is 0.184. The Bertz CT molecular complexity index is 177. The zero-order chi connectivity index (χ0) is 7.84. The maximum atomic E-state index is 11.0. The molecule has 2 fully saturated rings. The predicted molar refractivity (Wildman–Crippen MR) is 41.9 cm³/mol. The van der Waals surface area contributed by atoms with Crippen molar-refractivity contribution in [2.45, 2.75) is 37.8 Å². The maximum absolute atomic E-state index is 11.0. The van der Waals surface area contributed by atoms with Crippen LogP contribution in [0.5, 0.6) is 0 Å². The fraction of sp³-hybridized carbons (Fsp3) is 0.875. The molecule has 1 amide bonds. The summed E-state index contributed by atoms with van der Waals surface area (Å²) in [6.07, 6.45) is 3.98. The SMILES string of the molecule is N[C@@H]1CCC(=O)N[C@@H]1C1CC1. The van der Waals surface area contributed by atoms with E-state index in [9.17, 15) is 4.79 Å². The highest BCUT2D eigenvalue weighted by atomic mass is 16.1. The minimum Gasteiger partial charge on any atom is -0.352 e. The van der Waals surface area contributed by atoms with Crippen molar-refractivity contribution < 1.29 is 4.79 Å². The third-order valence-corrected chi connectivity index (χ3v) is 2.62. The summed E-state index contributed by atoms with van der Waals surface area (Å²) in [6.45, 7) is 0. The normalized spacial score (nSPS) is 38.5. The minimum absolute atomic E-state index is 0.184. The Hall–Kier alpha value is -0.570. The van der Waals surface area contributed by atoms with Gasteiger partial charge in [0.2, 0.25) is 5.91 Å². The van der Waals surface area contributed by atoms with Gasteiger partial charge in [0.1, 0.15) is 0 Å². The summed E-state index contributed by atoms with van der Waals surface area (Å²) in [5, 5.41) is 2.96. The van der Waals surface area contributed by atoms with E-state index < -0.39 is 0 Å². The van der Waals surface area contributed by atoms with Gasteiger partial charge in [-0.2, -0.15) is 0 Å². The van der Waals surface area contributed by atoms with E-state index in [1.807, 2.05) is 0 Å². The summed E-state index contributed by atoms with van der Waals surface area (Å²) in [5.41, 5.74) is 5.87. The van der Waals surface area contributed by atoms with Crippen molar-refractivity contribution in [3.63, 3.8) is 0 Å². The summed E-state index contributed by atoms with van der Waals surface area (Å²) in [5.74, 6) is 0.873. The highest BCUT2D eigenvalue weighted by Crippen LogP contribution is 2.35. The zero-order valence-corrected chi connectivity index (χ0v) is 6.55. The molecule has 1 saturated heterocycles. The van der Waals surface area contributed by atoms with E-state index in [-0.39, 0.29) is 18.0 Å². The molecule has 0 radical (unpaired) electrons. The van der Waals surface area contributed by atoms with Crippen LogP contribution in [0.4, 0.5) is 0 Å². The molecule has 1 aliphatic carbocycles. The van der Waals surface area contributed by atoms with Crippen LogP contribution >= 0.6 is 0 Å². The Morgan fingerprint density at radius 2 is 2.09 bits per heavy atom. The van der Waals surface area contributed by atoms with E-state index in [2.05, 4.69) is 5.32 Å². The van der Waals surface area contributed by atoms with Crippen molar-refractivity contribution in [1.82, 2.24) is 5.32 Å². The van der Waals surface area contributed by atoms with E-state index in [4.69, 9.17) is 5.73 Å². The lowest BCUT2D eigenvalue weighted by Gasteiger charge is -2.29. The van der Waals surface area contributed by atoms with Gasteiger partial charge < -0.3 is 11.1 Å². The van der Waals surface area contributed by atoms with Gasteiger partial charge in [0, 0.05) is 18.5 Å². The Morgan fingerprint density at radius 1 is 1.36 bits per heavy atom. The van der Waals surface area contributed by atoms with E-state index in [0.717, 1.165) is 6.42 Å². The third-order valence-electron chi connectivity index (χ3n) is 2.62. The van der Waals surface area contributed by atoms with Gasteiger partial charge in [0.15, 0.2) is 0 Å². The zero-order valence-electron chi connectivity index (χ0n) is 6.55. The quantitative estimate of drug-likeness (QED) is 0.558. The molecule has 2 rings (SSSR count). The molecule has 0 aromatic carbocycles. The number of nitrogens with one attached hydrogen (secondary N) is 1. The fourth-order valence-corrected chi connectivity index (χ4v) is 1.77. The number of hydrogen-bond acceptors (Lipinski definition) is 2. The Kier molecular flexibility index (Phi) is 1.60. The Labute approximate surface area is 66.3 Å². The summed E-state index contributed by atoms with van der Waals surface area (Å²) >= 11 is 0. The molecule has 0 aromatic rings. The Balaban J connectivity index is 1.98. The first-order chi connectivity index (χ1) is 5.27. The molecule has 62 valence electrons. The molecule has 2 atom stereocenters. The molecule has 0 spiro atoms. The molecule has 0 unspecified atom stereocenters. The lowest BCUT2D eigenvalue weighted by atomic mass is 9.95. The fourth-order valence-electron chi connectivity index (χ4n) is 1.77. The number of rotatable bonds is 1. The van der Waals surface area contributed by atoms with Crippen LogP contribution in [0.3, 0.4) is 0 Å².